The SMILES string of the molecule is CN(c1ccccc1)S(=O)(=O)c1cccc(NC(=O)CCn2c(=O)oc3ccccc32)c1. The molecule has 0 spiro atoms. The molecule has 1 aromatic heterocycles. The molecule has 0 saturated carbocycles. The summed E-state index contributed by atoms with van der Waals surface area (Å²) in [6.45, 7) is 0.135. The molecule has 1 heterocycles. The molecule has 0 atom stereocenters. The van der Waals surface area contributed by atoms with Crippen molar-refractivity contribution in [1.82, 2.24) is 4.57 Å². The fourth-order valence-electron chi connectivity index (χ4n) is 3.33. The van der Waals surface area contributed by atoms with Crippen molar-refractivity contribution in [3.8, 4) is 0 Å². The molecule has 0 aliphatic rings. The first-order valence-electron chi connectivity index (χ1n) is 9.88. The topological polar surface area (TPSA) is 102 Å². The molecule has 8 nitrogen and oxygen atoms in total. The number of fused-ring (bicyclic) bond motifs is 1. The van der Waals surface area contributed by atoms with E-state index in [1.54, 1.807) is 66.7 Å². The molecule has 3 aromatic carbocycles. The minimum atomic E-state index is -3.80. The third kappa shape index (κ3) is 4.28. The molecule has 4 aromatic rings. The number of amides is 1. The first-order valence-corrected chi connectivity index (χ1v) is 11.3. The number of nitrogens with one attached hydrogen (secondary N) is 1. The Labute approximate surface area is 184 Å². The second kappa shape index (κ2) is 8.72. The molecular formula is C23H21N3O5S. The van der Waals surface area contributed by atoms with E-state index in [1.165, 1.54) is 28.1 Å². The molecule has 0 fully saturated rings. The van der Waals surface area contributed by atoms with Crippen LogP contribution >= 0.6 is 0 Å². The number of rotatable bonds is 7. The van der Waals surface area contributed by atoms with E-state index < -0.39 is 15.8 Å². The summed E-state index contributed by atoms with van der Waals surface area (Å²) in [6.07, 6.45) is 0.0182. The average Bonchev–Trinajstić information content (AvgIpc) is 3.12. The Morgan fingerprint density at radius 1 is 1.00 bits per heavy atom. The Balaban J connectivity index is 1.47. The number of sulfonamides is 1. The summed E-state index contributed by atoms with van der Waals surface area (Å²) in [5.74, 6) is -0.885. The van der Waals surface area contributed by atoms with Gasteiger partial charge in [0.2, 0.25) is 5.91 Å². The van der Waals surface area contributed by atoms with E-state index in [2.05, 4.69) is 5.32 Å². The monoisotopic (exact) mass is 451 g/mol. The van der Waals surface area contributed by atoms with Crippen LogP contribution in [0.5, 0.6) is 0 Å². The summed E-state index contributed by atoms with van der Waals surface area (Å²) in [5.41, 5.74) is 1.95. The predicted molar refractivity (Wildman–Crippen MR) is 122 cm³/mol. The summed E-state index contributed by atoms with van der Waals surface area (Å²) in [4.78, 5) is 24.5. The van der Waals surface area contributed by atoms with Gasteiger partial charge in [0.25, 0.3) is 10.0 Å². The molecule has 0 aliphatic carbocycles. The van der Waals surface area contributed by atoms with Crippen molar-refractivity contribution in [3.63, 3.8) is 0 Å². The highest BCUT2D eigenvalue weighted by Crippen LogP contribution is 2.23. The van der Waals surface area contributed by atoms with E-state index in [-0.39, 0.29) is 23.8 Å². The Kier molecular flexibility index (Phi) is 5.83. The van der Waals surface area contributed by atoms with Crippen molar-refractivity contribution in [1.29, 1.82) is 0 Å². The smallest absolute Gasteiger partial charge is 0.408 e. The highest BCUT2D eigenvalue weighted by Gasteiger charge is 2.21. The lowest BCUT2D eigenvalue weighted by Gasteiger charge is -2.19. The minimum Gasteiger partial charge on any atom is -0.408 e. The molecule has 0 radical (unpaired) electrons. The Hall–Kier alpha value is -3.85. The highest BCUT2D eigenvalue weighted by molar-refractivity contribution is 7.92. The first kappa shape index (κ1) is 21.4. The van der Waals surface area contributed by atoms with E-state index in [9.17, 15) is 18.0 Å². The van der Waals surface area contributed by atoms with E-state index in [0.717, 1.165) is 0 Å². The van der Waals surface area contributed by atoms with Crippen LogP contribution in [0, 0.1) is 0 Å². The molecule has 0 aliphatic heterocycles. The van der Waals surface area contributed by atoms with Gasteiger partial charge in [-0.05, 0) is 42.5 Å². The van der Waals surface area contributed by atoms with Gasteiger partial charge in [-0.2, -0.15) is 0 Å². The van der Waals surface area contributed by atoms with Crippen molar-refractivity contribution in [3.05, 3.63) is 89.4 Å². The number of aryl methyl sites for hydroxylation is 1. The Bertz CT molecular complexity index is 1420. The van der Waals surface area contributed by atoms with Gasteiger partial charge < -0.3 is 9.73 Å². The number of hydrogen-bond acceptors (Lipinski definition) is 5. The van der Waals surface area contributed by atoms with Gasteiger partial charge in [0.1, 0.15) is 0 Å². The lowest BCUT2D eigenvalue weighted by molar-refractivity contribution is -0.116. The van der Waals surface area contributed by atoms with Gasteiger partial charge in [0, 0.05) is 25.7 Å². The zero-order valence-electron chi connectivity index (χ0n) is 17.3. The second-order valence-corrected chi connectivity index (χ2v) is 9.09. The molecule has 0 unspecified atom stereocenters. The summed E-state index contributed by atoms with van der Waals surface area (Å²) < 4.78 is 33.7. The largest absolute Gasteiger partial charge is 0.419 e. The van der Waals surface area contributed by atoms with Crippen LogP contribution < -0.4 is 15.4 Å². The molecular weight excluding hydrogens is 430 g/mol. The standard InChI is InChI=1S/C23H21N3O5S/c1-25(18-9-3-2-4-10-18)32(29,30)19-11-7-8-17(16-19)24-22(27)14-15-26-20-12-5-6-13-21(20)31-23(26)28/h2-13,16H,14-15H2,1H3,(H,24,27). The van der Waals surface area contributed by atoms with E-state index in [0.29, 0.717) is 22.5 Å². The Morgan fingerprint density at radius 3 is 2.50 bits per heavy atom. The molecule has 0 bridgehead atoms. The van der Waals surface area contributed by atoms with Crippen molar-refractivity contribution >= 4 is 38.4 Å². The molecule has 1 N–H and O–H groups in total. The minimum absolute atomic E-state index is 0.0182. The molecule has 1 amide bonds. The fraction of sp³-hybridized carbons (Fsp3) is 0.130. The van der Waals surface area contributed by atoms with E-state index in [1.807, 2.05) is 0 Å². The Morgan fingerprint density at radius 2 is 1.72 bits per heavy atom. The van der Waals surface area contributed by atoms with Gasteiger partial charge in [0.15, 0.2) is 5.58 Å². The van der Waals surface area contributed by atoms with Crippen molar-refractivity contribution in [2.24, 2.45) is 0 Å². The number of oxazole rings is 1. The quantitative estimate of drug-likeness (QED) is 0.464. The first-order chi connectivity index (χ1) is 15.4. The lowest BCUT2D eigenvalue weighted by Crippen LogP contribution is -2.26. The van der Waals surface area contributed by atoms with E-state index >= 15 is 0 Å². The number of benzene rings is 3. The number of anilines is 2. The summed E-state index contributed by atoms with van der Waals surface area (Å²) in [7, 11) is -2.33. The van der Waals surface area contributed by atoms with Gasteiger partial charge >= 0.3 is 5.76 Å². The number of carbonyl (C=O) groups is 1. The lowest BCUT2D eigenvalue weighted by atomic mass is 10.3. The van der Waals surface area contributed by atoms with Crippen LogP contribution in [0.2, 0.25) is 0 Å². The number of hydrogen-bond donors (Lipinski definition) is 1. The van der Waals surface area contributed by atoms with Crippen LogP contribution in [-0.2, 0) is 21.4 Å². The maximum Gasteiger partial charge on any atom is 0.419 e. The van der Waals surface area contributed by atoms with E-state index in [4.69, 9.17) is 4.42 Å². The third-order valence-electron chi connectivity index (χ3n) is 5.03. The van der Waals surface area contributed by atoms with Crippen LogP contribution in [0.4, 0.5) is 11.4 Å². The maximum absolute atomic E-state index is 13.0. The third-order valence-corrected chi connectivity index (χ3v) is 6.81. The molecule has 164 valence electrons. The van der Waals surface area contributed by atoms with Crippen LogP contribution in [0.1, 0.15) is 6.42 Å². The van der Waals surface area contributed by atoms with Crippen molar-refractivity contribution in [2.75, 3.05) is 16.7 Å². The zero-order chi connectivity index (χ0) is 22.7. The highest BCUT2D eigenvalue weighted by atomic mass is 32.2. The van der Waals surface area contributed by atoms with Crippen LogP contribution in [0.25, 0.3) is 11.1 Å². The molecule has 0 saturated heterocycles. The number of aromatic nitrogens is 1. The van der Waals surface area contributed by atoms with Crippen molar-refractivity contribution < 1.29 is 17.6 Å². The second-order valence-electron chi connectivity index (χ2n) is 7.12. The summed E-state index contributed by atoms with van der Waals surface area (Å²) in [6, 6.07) is 21.8. The molecule has 4 rings (SSSR count). The van der Waals surface area contributed by atoms with Crippen LogP contribution in [-0.4, -0.2) is 25.9 Å². The zero-order valence-corrected chi connectivity index (χ0v) is 18.1. The van der Waals surface area contributed by atoms with Crippen LogP contribution in [0.15, 0.2) is 93.0 Å². The van der Waals surface area contributed by atoms with Gasteiger partial charge in [-0.3, -0.25) is 13.7 Å². The van der Waals surface area contributed by atoms with Gasteiger partial charge in [-0.1, -0.05) is 36.4 Å². The van der Waals surface area contributed by atoms with Gasteiger partial charge in [-0.25, -0.2) is 13.2 Å². The summed E-state index contributed by atoms with van der Waals surface area (Å²) >= 11 is 0. The number of carbonyl (C=O) groups excluding carboxylic acids is 1. The fourth-order valence-corrected chi connectivity index (χ4v) is 4.57. The van der Waals surface area contributed by atoms with Crippen molar-refractivity contribution in [2.45, 2.75) is 17.9 Å². The maximum atomic E-state index is 13.0. The average molecular weight is 452 g/mol. The molecule has 9 heteroatoms. The predicted octanol–water partition coefficient (Wildman–Crippen LogP) is 3.45. The summed E-state index contributed by atoms with van der Waals surface area (Å²) in [5, 5.41) is 2.70. The number of para-hydroxylation sites is 3. The number of nitrogens with zero attached hydrogens (tertiary/aromatic N) is 2. The molecule has 32 heavy (non-hydrogen) atoms. The van der Waals surface area contributed by atoms with Gasteiger partial charge in [-0.15, -0.1) is 0 Å². The van der Waals surface area contributed by atoms with Crippen LogP contribution in [0.3, 0.4) is 0 Å². The normalized spacial score (nSPS) is 11.4. The van der Waals surface area contributed by atoms with Gasteiger partial charge in [0.05, 0.1) is 16.1 Å².